The highest BCUT2D eigenvalue weighted by Crippen LogP contribution is 2.28. The Balaban J connectivity index is 0.00000481. The van der Waals surface area contributed by atoms with Gasteiger partial charge in [-0.3, -0.25) is 0 Å². The second-order valence-corrected chi connectivity index (χ2v) is 9.11. The number of nitrogens with zero attached hydrogens (tertiary/aromatic N) is 2. The van der Waals surface area contributed by atoms with Gasteiger partial charge < -0.3 is 24.3 Å². The average molecular weight is 531 g/mol. The number of aliphatic hydroxyl groups is 1. The molecule has 0 bridgehead atoms. The van der Waals surface area contributed by atoms with Gasteiger partial charge in [0.2, 0.25) is 0 Å². The number of rotatable bonds is 12. The highest BCUT2D eigenvalue weighted by molar-refractivity contribution is 5.96. The third-order valence-electron chi connectivity index (χ3n) is 5.60. The van der Waals surface area contributed by atoms with Crippen LogP contribution in [0.25, 0.3) is 11.1 Å². The van der Waals surface area contributed by atoms with Crippen molar-refractivity contribution in [2.24, 2.45) is 0 Å². The van der Waals surface area contributed by atoms with Crippen molar-refractivity contribution in [1.29, 1.82) is 0 Å². The van der Waals surface area contributed by atoms with Gasteiger partial charge in [-0.2, -0.15) is 0 Å². The Hall–Kier alpha value is -3.20. The lowest BCUT2D eigenvalue weighted by Gasteiger charge is -2.18. The first kappa shape index (κ1) is 30.0. The number of benzene rings is 2. The van der Waals surface area contributed by atoms with Crippen LogP contribution in [0, 0.1) is 0 Å². The van der Waals surface area contributed by atoms with Crippen LogP contribution in [-0.2, 0) is 28.2 Å². The van der Waals surface area contributed by atoms with E-state index in [4.69, 9.17) is 9.47 Å². The van der Waals surface area contributed by atoms with Gasteiger partial charge in [0.15, 0.2) is 5.69 Å². The standard InChI is InChI=1S/C28H34N2O6.ClH/c1-5-15-35-18-23-29-25(28(3,4)34)24(27(33)36-16-6-2)30(23)17-19-11-13-20(14-12-19)21-9-7-8-10-22(21)26(31)32;/h7-14,34H,5-6,15-18H2,1-4H3,(H,31,32);1H. The van der Waals surface area contributed by atoms with Gasteiger partial charge in [0.05, 0.1) is 12.2 Å². The molecule has 0 fully saturated rings. The van der Waals surface area contributed by atoms with E-state index in [2.05, 4.69) is 4.98 Å². The first-order valence-electron chi connectivity index (χ1n) is 12.2. The Kier molecular flexibility index (Phi) is 10.9. The predicted molar refractivity (Wildman–Crippen MR) is 143 cm³/mol. The minimum absolute atomic E-state index is 0. The summed E-state index contributed by atoms with van der Waals surface area (Å²) in [6.45, 7) is 8.37. The molecule has 37 heavy (non-hydrogen) atoms. The molecular formula is C28H35ClN2O6. The number of aromatic carboxylic acids is 1. The highest BCUT2D eigenvalue weighted by atomic mass is 35.5. The summed E-state index contributed by atoms with van der Waals surface area (Å²) in [6.07, 6.45) is 1.51. The van der Waals surface area contributed by atoms with E-state index in [0.29, 0.717) is 31.0 Å². The number of halogens is 1. The zero-order valence-electron chi connectivity index (χ0n) is 21.7. The number of ether oxygens (including phenoxy) is 2. The maximum Gasteiger partial charge on any atom is 0.357 e. The number of aromatic nitrogens is 2. The summed E-state index contributed by atoms with van der Waals surface area (Å²) in [6, 6.07) is 14.3. The molecule has 3 aromatic rings. The number of imidazole rings is 1. The van der Waals surface area contributed by atoms with Gasteiger partial charge >= 0.3 is 11.9 Å². The molecule has 0 aliphatic rings. The maximum absolute atomic E-state index is 13.1. The van der Waals surface area contributed by atoms with Crippen LogP contribution in [0.5, 0.6) is 0 Å². The predicted octanol–water partition coefficient (Wildman–Crippen LogP) is 5.44. The average Bonchev–Trinajstić information content (AvgIpc) is 3.22. The Morgan fingerprint density at radius 1 is 1.00 bits per heavy atom. The molecule has 1 aromatic heterocycles. The minimum Gasteiger partial charge on any atom is -0.478 e. The van der Waals surface area contributed by atoms with Crippen LogP contribution in [0.3, 0.4) is 0 Å². The van der Waals surface area contributed by atoms with Crippen molar-refractivity contribution in [2.75, 3.05) is 13.2 Å². The van der Waals surface area contributed by atoms with Gasteiger partial charge in [-0.25, -0.2) is 14.6 Å². The van der Waals surface area contributed by atoms with E-state index in [-0.39, 0.29) is 42.6 Å². The molecule has 0 spiro atoms. The molecule has 0 saturated heterocycles. The first-order chi connectivity index (χ1) is 17.2. The SMILES string of the molecule is CCCOCc1nc(C(C)(C)O)c(C(=O)OCCC)n1Cc1ccc(-c2ccccc2C(=O)O)cc1.Cl. The fourth-order valence-corrected chi connectivity index (χ4v) is 3.88. The third-order valence-corrected chi connectivity index (χ3v) is 5.60. The zero-order valence-corrected chi connectivity index (χ0v) is 22.5. The van der Waals surface area contributed by atoms with Gasteiger partial charge in [0.1, 0.15) is 23.7 Å². The van der Waals surface area contributed by atoms with Gasteiger partial charge in [-0.15, -0.1) is 12.4 Å². The van der Waals surface area contributed by atoms with E-state index in [1.165, 1.54) is 0 Å². The Morgan fingerprint density at radius 3 is 2.24 bits per heavy atom. The molecule has 0 atom stereocenters. The van der Waals surface area contributed by atoms with Crippen molar-refractivity contribution < 1.29 is 29.3 Å². The topological polar surface area (TPSA) is 111 Å². The van der Waals surface area contributed by atoms with E-state index in [0.717, 1.165) is 17.5 Å². The summed E-state index contributed by atoms with van der Waals surface area (Å²) in [5.41, 5.74) is 1.57. The number of esters is 1. The molecule has 0 unspecified atom stereocenters. The molecule has 8 nitrogen and oxygen atoms in total. The van der Waals surface area contributed by atoms with Gasteiger partial charge in [0.25, 0.3) is 0 Å². The third kappa shape index (κ3) is 7.41. The van der Waals surface area contributed by atoms with Crippen LogP contribution < -0.4 is 0 Å². The van der Waals surface area contributed by atoms with E-state index >= 15 is 0 Å². The number of hydrogen-bond acceptors (Lipinski definition) is 6. The van der Waals surface area contributed by atoms with Crippen molar-refractivity contribution >= 4 is 24.3 Å². The van der Waals surface area contributed by atoms with Crippen LogP contribution in [0.1, 0.15) is 78.5 Å². The molecule has 2 N–H and O–H groups in total. The molecule has 0 aliphatic heterocycles. The van der Waals surface area contributed by atoms with E-state index in [1.54, 1.807) is 42.7 Å². The Morgan fingerprint density at radius 2 is 1.65 bits per heavy atom. The molecule has 0 aliphatic carbocycles. The molecule has 2 aromatic carbocycles. The van der Waals surface area contributed by atoms with Crippen LogP contribution in [-0.4, -0.2) is 44.9 Å². The lowest BCUT2D eigenvalue weighted by Crippen LogP contribution is -2.23. The van der Waals surface area contributed by atoms with E-state index in [9.17, 15) is 19.8 Å². The lowest BCUT2D eigenvalue weighted by molar-refractivity contribution is 0.0450. The van der Waals surface area contributed by atoms with Crippen LogP contribution in [0.15, 0.2) is 48.5 Å². The molecule has 3 rings (SSSR count). The van der Waals surface area contributed by atoms with Crippen molar-refractivity contribution in [3.05, 3.63) is 76.9 Å². The number of carbonyl (C=O) groups is 2. The summed E-state index contributed by atoms with van der Waals surface area (Å²) < 4.78 is 12.9. The van der Waals surface area contributed by atoms with Crippen LogP contribution >= 0.6 is 12.4 Å². The molecule has 0 saturated carbocycles. The largest absolute Gasteiger partial charge is 0.478 e. The Bertz CT molecular complexity index is 1200. The normalized spacial score (nSPS) is 11.2. The highest BCUT2D eigenvalue weighted by Gasteiger charge is 2.32. The van der Waals surface area contributed by atoms with Crippen LogP contribution in [0.4, 0.5) is 0 Å². The smallest absolute Gasteiger partial charge is 0.357 e. The monoisotopic (exact) mass is 530 g/mol. The van der Waals surface area contributed by atoms with Crippen molar-refractivity contribution in [2.45, 2.75) is 59.3 Å². The van der Waals surface area contributed by atoms with Gasteiger partial charge in [0, 0.05) is 13.2 Å². The van der Waals surface area contributed by atoms with E-state index < -0.39 is 17.5 Å². The van der Waals surface area contributed by atoms with Crippen LogP contribution in [0.2, 0.25) is 0 Å². The van der Waals surface area contributed by atoms with Gasteiger partial charge in [-0.1, -0.05) is 56.3 Å². The fourth-order valence-electron chi connectivity index (χ4n) is 3.88. The molecule has 9 heteroatoms. The van der Waals surface area contributed by atoms with Crippen molar-refractivity contribution in [3.63, 3.8) is 0 Å². The molecule has 200 valence electrons. The molecule has 0 radical (unpaired) electrons. The number of carboxylic acids is 1. The van der Waals surface area contributed by atoms with Crippen molar-refractivity contribution in [3.8, 4) is 11.1 Å². The summed E-state index contributed by atoms with van der Waals surface area (Å²) in [4.78, 5) is 29.3. The maximum atomic E-state index is 13.1. The number of hydrogen-bond donors (Lipinski definition) is 2. The zero-order chi connectivity index (χ0) is 26.3. The second-order valence-electron chi connectivity index (χ2n) is 9.11. The second kappa shape index (κ2) is 13.4. The number of carboxylic acid groups (broad SMARTS) is 1. The van der Waals surface area contributed by atoms with Gasteiger partial charge in [-0.05, 0) is 49.4 Å². The van der Waals surface area contributed by atoms with Crippen molar-refractivity contribution in [1.82, 2.24) is 9.55 Å². The molecule has 0 amide bonds. The summed E-state index contributed by atoms with van der Waals surface area (Å²) in [5, 5.41) is 20.3. The fraction of sp³-hybridized carbons (Fsp3) is 0.393. The van der Waals surface area contributed by atoms with E-state index in [1.807, 2.05) is 38.1 Å². The summed E-state index contributed by atoms with van der Waals surface area (Å²) in [7, 11) is 0. The molecular weight excluding hydrogens is 496 g/mol. The number of carbonyl (C=O) groups excluding carboxylic acids is 1. The Labute approximate surface area is 223 Å². The summed E-state index contributed by atoms with van der Waals surface area (Å²) >= 11 is 0. The quantitative estimate of drug-likeness (QED) is 0.237. The first-order valence-corrected chi connectivity index (χ1v) is 12.2. The lowest BCUT2D eigenvalue weighted by atomic mass is 9.98. The summed E-state index contributed by atoms with van der Waals surface area (Å²) in [5.74, 6) is -1.02. The molecule has 1 heterocycles. The minimum atomic E-state index is -1.37.